The number of hydrogen-bond acceptors (Lipinski definition) is 2. The third-order valence-corrected chi connectivity index (χ3v) is 0.615. The van der Waals surface area contributed by atoms with E-state index in [1.54, 1.807) is 6.08 Å². The largest absolute Gasteiger partial charge is 0.288 e. The molecule has 0 aliphatic heterocycles. The van der Waals surface area contributed by atoms with Gasteiger partial charge in [0.25, 0.3) is 5.91 Å². The summed E-state index contributed by atoms with van der Waals surface area (Å²) in [7, 11) is 0. The summed E-state index contributed by atoms with van der Waals surface area (Å²) in [6.45, 7) is 1.90. The first-order valence-electron chi connectivity index (χ1n) is 2.42. The third kappa shape index (κ3) is 3.36. The molecule has 1 amide bonds. The molecule has 0 radical (unpaired) electrons. The molecule has 0 heterocycles. The van der Waals surface area contributed by atoms with E-state index in [1.165, 1.54) is 11.6 Å². The molecule has 0 aliphatic rings. The minimum atomic E-state index is -0.480. The van der Waals surface area contributed by atoms with Crippen LogP contribution in [0, 0.1) is 0 Å². The van der Waals surface area contributed by atoms with Crippen LogP contribution in [0.5, 0.6) is 0 Å². The van der Waals surface area contributed by atoms with Crippen LogP contribution >= 0.6 is 0 Å². The zero-order chi connectivity index (χ0) is 6.41. The molecule has 0 aliphatic carbocycles. The molecule has 0 spiro atoms. The van der Waals surface area contributed by atoms with Gasteiger partial charge in [-0.25, -0.2) is 5.48 Å². The topological polar surface area (TPSA) is 49.3 Å². The minimum Gasteiger partial charge on any atom is -0.288 e. The molecule has 0 saturated heterocycles. The van der Waals surface area contributed by atoms with E-state index in [0.29, 0.717) is 0 Å². The Hall–Kier alpha value is -0.830. The number of carbonyl (C=O) groups is 1. The second-order valence-corrected chi connectivity index (χ2v) is 1.29. The van der Waals surface area contributed by atoms with Crippen molar-refractivity contribution >= 4 is 5.91 Å². The summed E-state index contributed by atoms with van der Waals surface area (Å²) in [5.41, 5.74) is 1.47. The average molecular weight is 115 g/mol. The van der Waals surface area contributed by atoms with Crippen LogP contribution in [0.4, 0.5) is 0 Å². The second kappa shape index (κ2) is 4.33. The van der Waals surface area contributed by atoms with Gasteiger partial charge < -0.3 is 0 Å². The van der Waals surface area contributed by atoms with E-state index in [0.717, 1.165) is 6.42 Å². The molecule has 0 rings (SSSR count). The molecule has 2 N–H and O–H groups in total. The molecule has 3 heteroatoms. The summed E-state index contributed by atoms with van der Waals surface area (Å²) in [6, 6.07) is 0. The highest BCUT2D eigenvalue weighted by Gasteiger charge is 1.84. The van der Waals surface area contributed by atoms with Crippen LogP contribution in [0.1, 0.15) is 13.3 Å². The summed E-state index contributed by atoms with van der Waals surface area (Å²) in [5.74, 6) is -0.480. The van der Waals surface area contributed by atoms with Crippen LogP contribution < -0.4 is 5.48 Å². The monoisotopic (exact) mass is 115 g/mol. The van der Waals surface area contributed by atoms with Crippen molar-refractivity contribution in [3.05, 3.63) is 12.2 Å². The summed E-state index contributed by atoms with van der Waals surface area (Å²) >= 11 is 0. The van der Waals surface area contributed by atoms with Gasteiger partial charge in [-0.2, -0.15) is 0 Å². The number of rotatable bonds is 2. The molecule has 46 valence electrons. The van der Waals surface area contributed by atoms with Crippen LogP contribution in [0.15, 0.2) is 12.2 Å². The Kier molecular flexibility index (Phi) is 3.88. The molecule has 0 aromatic carbocycles. The molecule has 0 bridgehead atoms. The number of hydrogen-bond donors (Lipinski definition) is 2. The predicted octanol–water partition coefficient (Wildman–Crippen LogP) is 0.458. The number of carbonyl (C=O) groups excluding carboxylic acids is 1. The van der Waals surface area contributed by atoms with Crippen LogP contribution in [-0.4, -0.2) is 11.1 Å². The maximum absolute atomic E-state index is 10.1. The van der Waals surface area contributed by atoms with Gasteiger partial charge in [-0.1, -0.05) is 13.0 Å². The SMILES string of the molecule is CC/C=C/C(=O)NO. The maximum Gasteiger partial charge on any atom is 0.267 e. The fourth-order valence-corrected chi connectivity index (χ4v) is 0.262. The van der Waals surface area contributed by atoms with E-state index in [2.05, 4.69) is 0 Å². The maximum atomic E-state index is 10.1. The van der Waals surface area contributed by atoms with Crippen molar-refractivity contribution in [2.24, 2.45) is 0 Å². The van der Waals surface area contributed by atoms with Gasteiger partial charge in [0.05, 0.1) is 0 Å². The van der Waals surface area contributed by atoms with E-state index in [4.69, 9.17) is 5.21 Å². The van der Waals surface area contributed by atoms with Gasteiger partial charge in [0.15, 0.2) is 0 Å². The van der Waals surface area contributed by atoms with Crippen molar-refractivity contribution in [2.45, 2.75) is 13.3 Å². The lowest BCUT2D eigenvalue weighted by Crippen LogP contribution is -2.14. The van der Waals surface area contributed by atoms with Crippen LogP contribution in [0.3, 0.4) is 0 Å². The Labute approximate surface area is 48.0 Å². The van der Waals surface area contributed by atoms with Crippen molar-refractivity contribution in [1.82, 2.24) is 5.48 Å². The number of nitrogens with one attached hydrogen (secondary N) is 1. The van der Waals surface area contributed by atoms with Gasteiger partial charge in [0.1, 0.15) is 0 Å². The normalized spacial score (nSPS) is 9.75. The molecule has 3 nitrogen and oxygen atoms in total. The quantitative estimate of drug-likeness (QED) is 0.312. The highest BCUT2D eigenvalue weighted by atomic mass is 16.5. The predicted molar refractivity (Wildman–Crippen MR) is 29.4 cm³/mol. The van der Waals surface area contributed by atoms with Crippen molar-refractivity contribution in [3.63, 3.8) is 0 Å². The molecule has 0 saturated carbocycles. The molecule has 0 aromatic rings. The first-order valence-corrected chi connectivity index (χ1v) is 2.42. The van der Waals surface area contributed by atoms with Crippen molar-refractivity contribution in [1.29, 1.82) is 0 Å². The van der Waals surface area contributed by atoms with Crippen molar-refractivity contribution in [3.8, 4) is 0 Å². The Bertz CT molecular complexity index is 98.6. The van der Waals surface area contributed by atoms with Crippen LogP contribution in [0.2, 0.25) is 0 Å². The van der Waals surface area contributed by atoms with Gasteiger partial charge >= 0.3 is 0 Å². The molecule has 0 unspecified atom stereocenters. The fourth-order valence-electron chi connectivity index (χ4n) is 0.262. The minimum absolute atomic E-state index is 0.480. The van der Waals surface area contributed by atoms with E-state index in [1.807, 2.05) is 6.92 Å². The summed E-state index contributed by atoms with van der Waals surface area (Å²) in [4.78, 5) is 10.1. The molecule has 0 atom stereocenters. The first-order chi connectivity index (χ1) is 3.81. The Balaban J connectivity index is 3.37. The van der Waals surface area contributed by atoms with Crippen molar-refractivity contribution < 1.29 is 10.0 Å². The zero-order valence-corrected chi connectivity index (χ0v) is 4.72. The standard InChI is InChI=1S/C5H9NO2/c1-2-3-4-5(7)6-8/h3-4,8H,2H2,1H3,(H,6,7)/b4-3+. The van der Waals surface area contributed by atoms with E-state index < -0.39 is 5.91 Å². The van der Waals surface area contributed by atoms with Crippen LogP contribution in [0.25, 0.3) is 0 Å². The first kappa shape index (κ1) is 7.17. The molecule has 0 fully saturated rings. The van der Waals surface area contributed by atoms with Gasteiger partial charge in [-0.05, 0) is 6.42 Å². The van der Waals surface area contributed by atoms with E-state index in [-0.39, 0.29) is 0 Å². The van der Waals surface area contributed by atoms with E-state index in [9.17, 15) is 4.79 Å². The summed E-state index contributed by atoms with van der Waals surface area (Å²) < 4.78 is 0. The number of hydroxylamine groups is 1. The van der Waals surface area contributed by atoms with Crippen molar-refractivity contribution in [2.75, 3.05) is 0 Å². The molecule has 8 heavy (non-hydrogen) atoms. The highest BCUT2D eigenvalue weighted by Crippen LogP contribution is 1.77. The number of amides is 1. The van der Waals surface area contributed by atoms with E-state index >= 15 is 0 Å². The lowest BCUT2D eigenvalue weighted by atomic mass is 10.4. The second-order valence-electron chi connectivity index (χ2n) is 1.29. The Morgan fingerprint density at radius 3 is 2.88 bits per heavy atom. The summed E-state index contributed by atoms with van der Waals surface area (Å²) in [6.07, 6.45) is 3.74. The fraction of sp³-hybridized carbons (Fsp3) is 0.400. The molecular weight excluding hydrogens is 106 g/mol. The zero-order valence-electron chi connectivity index (χ0n) is 4.72. The van der Waals surface area contributed by atoms with Gasteiger partial charge in [0.2, 0.25) is 0 Å². The lowest BCUT2D eigenvalue weighted by Gasteiger charge is -1.84. The van der Waals surface area contributed by atoms with Crippen LogP contribution in [-0.2, 0) is 4.79 Å². The van der Waals surface area contributed by atoms with Gasteiger partial charge in [0, 0.05) is 6.08 Å². The summed E-state index contributed by atoms with van der Waals surface area (Å²) in [5, 5.41) is 7.91. The highest BCUT2D eigenvalue weighted by molar-refractivity contribution is 5.86. The number of allylic oxidation sites excluding steroid dienone is 1. The lowest BCUT2D eigenvalue weighted by molar-refractivity contribution is -0.124. The third-order valence-electron chi connectivity index (χ3n) is 0.615. The smallest absolute Gasteiger partial charge is 0.267 e. The van der Waals surface area contributed by atoms with Gasteiger partial charge in [-0.15, -0.1) is 0 Å². The molecule has 0 aromatic heterocycles. The Morgan fingerprint density at radius 2 is 2.50 bits per heavy atom. The molecular formula is C5H9NO2. The van der Waals surface area contributed by atoms with Gasteiger partial charge in [-0.3, -0.25) is 10.0 Å². The Morgan fingerprint density at radius 1 is 1.88 bits per heavy atom. The average Bonchev–Trinajstić information content (AvgIpc) is 1.83.